The molecule has 19 heavy (non-hydrogen) atoms. The Bertz CT molecular complexity index is 422. The molecule has 0 saturated carbocycles. The molecule has 0 aromatic carbocycles. The summed E-state index contributed by atoms with van der Waals surface area (Å²) in [5, 5.41) is 3.24. The second-order valence-corrected chi connectivity index (χ2v) is 5.74. The third-order valence-corrected chi connectivity index (χ3v) is 4.07. The molecule has 1 fully saturated rings. The third-order valence-electron chi connectivity index (χ3n) is 3.02. The standard InChI is InChI=1S/C13H20N2O3S/c1-10-3-4-11(19-10)13-14-9-12(16)15(13)5-6-18-8-7-17-2/h3-4,13-14H,5-9H2,1-2H3. The fourth-order valence-corrected chi connectivity index (χ4v) is 3.02. The first-order valence-corrected chi connectivity index (χ1v) is 7.20. The zero-order valence-corrected chi connectivity index (χ0v) is 12.2. The van der Waals surface area contributed by atoms with E-state index >= 15 is 0 Å². The molecule has 1 saturated heterocycles. The Hall–Kier alpha value is -0.950. The summed E-state index contributed by atoms with van der Waals surface area (Å²) >= 11 is 1.72. The van der Waals surface area contributed by atoms with Crippen molar-refractivity contribution in [3.63, 3.8) is 0 Å². The number of carbonyl (C=O) groups excluding carboxylic acids is 1. The van der Waals surface area contributed by atoms with Gasteiger partial charge in [-0.15, -0.1) is 11.3 Å². The maximum absolute atomic E-state index is 11.9. The van der Waals surface area contributed by atoms with Crippen LogP contribution in [-0.4, -0.2) is 50.8 Å². The highest BCUT2D eigenvalue weighted by Gasteiger charge is 2.31. The first-order valence-electron chi connectivity index (χ1n) is 6.38. The van der Waals surface area contributed by atoms with Crippen molar-refractivity contribution < 1.29 is 14.3 Å². The molecule has 0 radical (unpaired) electrons. The molecular formula is C13H20N2O3S. The van der Waals surface area contributed by atoms with Gasteiger partial charge in [-0.2, -0.15) is 0 Å². The van der Waals surface area contributed by atoms with Gasteiger partial charge in [-0.25, -0.2) is 0 Å². The van der Waals surface area contributed by atoms with Crippen LogP contribution in [0.1, 0.15) is 15.9 Å². The lowest BCUT2D eigenvalue weighted by atomic mass is 10.3. The molecule has 106 valence electrons. The molecule has 0 spiro atoms. The van der Waals surface area contributed by atoms with E-state index in [-0.39, 0.29) is 12.1 Å². The molecule has 6 heteroatoms. The van der Waals surface area contributed by atoms with Crippen LogP contribution >= 0.6 is 11.3 Å². The summed E-state index contributed by atoms with van der Waals surface area (Å²) in [5.41, 5.74) is 0. The molecule has 2 heterocycles. The van der Waals surface area contributed by atoms with Gasteiger partial charge in [0, 0.05) is 23.4 Å². The number of ether oxygens (including phenoxy) is 2. The number of nitrogens with zero attached hydrogens (tertiary/aromatic N) is 1. The van der Waals surface area contributed by atoms with E-state index in [1.165, 1.54) is 9.75 Å². The van der Waals surface area contributed by atoms with Crippen molar-refractivity contribution in [3.8, 4) is 0 Å². The lowest BCUT2D eigenvalue weighted by Gasteiger charge is -2.23. The number of nitrogens with one attached hydrogen (secondary N) is 1. The average Bonchev–Trinajstić information content (AvgIpc) is 2.96. The predicted octanol–water partition coefficient (Wildman–Crippen LogP) is 1.15. The molecule has 0 bridgehead atoms. The van der Waals surface area contributed by atoms with E-state index in [4.69, 9.17) is 9.47 Å². The summed E-state index contributed by atoms with van der Waals surface area (Å²) in [4.78, 5) is 16.2. The lowest BCUT2D eigenvalue weighted by molar-refractivity contribution is -0.128. The minimum atomic E-state index is -0.00257. The maximum Gasteiger partial charge on any atom is 0.238 e. The first kappa shape index (κ1) is 14.5. The van der Waals surface area contributed by atoms with Crippen LogP contribution in [0.3, 0.4) is 0 Å². The third kappa shape index (κ3) is 3.76. The second kappa shape index (κ2) is 7.00. The second-order valence-electron chi connectivity index (χ2n) is 4.42. The number of hydrogen-bond acceptors (Lipinski definition) is 5. The van der Waals surface area contributed by atoms with Crippen molar-refractivity contribution in [1.29, 1.82) is 0 Å². The van der Waals surface area contributed by atoms with Gasteiger partial charge in [0.2, 0.25) is 5.91 Å². The van der Waals surface area contributed by atoms with E-state index < -0.39 is 0 Å². The Labute approximate surface area is 117 Å². The maximum atomic E-state index is 11.9. The smallest absolute Gasteiger partial charge is 0.238 e. The summed E-state index contributed by atoms with van der Waals surface area (Å²) in [6.07, 6.45) is -0.00257. The van der Waals surface area contributed by atoms with Crippen LogP contribution in [0.4, 0.5) is 0 Å². The van der Waals surface area contributed by atoms with Crippen LogP contribution in [0, 0.1) is 6.92 Å². The van der Waals surface area contributed by atoms with Gasteiger partial charge in [-0.3, -0.25) is 10.1 Å². The van der Waals surface area contributed by atoms with E-state index in [2.05, 4.69) is 24.4 Å². The summed E-state index contributed by atoms with van der Waals surface area (Å²) in [6.45, 7) is 4.77. The Morgan fingerprint density at radius 3 is 2.95 bits per heavy atom. The number of amides is 1. The van der Waals surface area contributed by atoms with Crippen molar-refractivity contribution in [1.82, 2.24) is 10.2 Å². The largest absolute Gasteiger partial charge is 0.382 e. The highest BCUT2D eigenvalue weighted by molar-refractivity contribution is 7.12. The van der Waals surface area contributed by atoms with E-state index in [0.717, 1.165) is 0 Å². The SMILES string of the molecule is COCCOCCN1C(=O)CNC1c1ccc(C)s1. The van der Waals surface area contributed by atoms with Gasteiger partial charge >= 0.3 is 0 Å². The zero-order chi connectivity index (χ0) is 13.7. The fraction of sp³-hybridized carbons (Fsp3) is 0.615. The molecule has 1 N–H and O–H groups in total. The summed E-state index contributed by atoms with van der Waals surface area (Å²) in [7, 11) is 1.65. The zero-order valence-electron chi connectivity index (χ0n) is 11.3. The van der Waals surface area contributed by atoms with E-state index in [1.54, 1.807) is 18.4 Å². The van der Waals surface area contributed by atoms with Gasteiger partial charge in [-0.05, 0) is 19.1 Å². The monoisotopic (exact) mass is 284 g/mol. The molecule has 1 amide bonds. The van der Waals surface area contributed by atoms with Crippen molar-refractivity contribution >= 4 is 17.2 Å². The molecule has 1 aliphatic rings. The highest BCUT2D eigenvalue weighted by atomic mass is 32.1. The number of rotatable bonds is 7. The van der Waals surface area contributed by atoms with E-state index in [0.29, 0.717) is 32.9 Å². The topological polar surface area (TPSA) is 50.8 Å². The number of hydrogen-bond donors (Lipinski definition) is 1. The number of aryl methyl sites for hydroxylation is 1. The van der Waals surface area contributed by atoms with Crippen molar-refractivity contribution in [2.24, 2.45) is 0 Å². The molecule has 1 aromatic rings. The minimum Gasteiger partial charge on any atom is -0.382 e. The fourth-order valence-electron chi connectivity index (χ4n) is 2.06. The molecule has 1 unspecified atom stereocenters. The predicted molar refractivity (Wildman–Crippen MR) is 74.2 cm³/mol. The van der Waals surface area contributed by atoms with E-state index in [9.17, 15) is 4.79 Å². The molecule has 1 aromatic heterocycles. The molecule has 2 rings (SSSR count). The normalized spacial score (nSPS) is 19.4. The van der Waals surface area contributed by atoms with Gasteiger partial charge in [-0.1, -0.05) is 0 Å². The molecule has 5 nitrogen and oxygen atoms in total. The van der Waals surface area contributed by atoms with Gasteiger partial charge < -0.3 is 14.4 Å². The summed E-state index contributed by atoms with van der Waals surface area (Å²) in [6, 6.07) is 4.16. The molecule has 1 atom stereocenters. The Balaban J connectivity index is 1.87. The Kier molecular flexibility index (Phi) is 5.33. The van der Waals surface area contributed by atoms with Gasteiger partial charge in [0.1, 0.15) is 6.17 Å². The van der Waals surface area contributed by atoms with Crippen molar-refractivity contribution in [2.45, 2.75) is 13.1 Å². The van der Waals surface area contributed by atoms with E-state index in [1.807, 2.05) is 4.90 Å². The van der Waals surface area contributed by atoms with Crippen molar-refractivity contribution in [3.05, 3.63) is 21.9 Å². The number of thiophene rings is 1. The highest BCUT2D eigenvalue weighted by Crippen LogP contribution is 2.28. The van der Waals surface area contributed by atoms with Gasteiger partial charge in [0.15, 0.2) is 0 Å². The molecular weight excluding hydrogens is 264 g/mol. The van der Waals surface area contributed by atoms with Crippen LogP contribution in [0.25, 0.3) is 0 Å². The first-order chi connectivity index (χ1) is 9.22. The summed E-state index contributed by atoms with van der Waals surface area (Å²) < 4.78 is 10.3. The molecule has 1 aliphatic heterocycles. The Morgan fingerprint density at radius 2 is 2.26 bits per heavy atom. The van der Waals surface area contributed by atoms with Crippen LogP contribution in [0.5, 0.6) is 0 Å². The van der Waals surface area contributed by atoms with Gasteiger partial charge in [0.05, 0.1) is 26.4 Å². The summed E-state index contributed by atoms with van der Waals surface area (Å²) in [5.74, 6) is 0.131. The van der Waals surface area contributed by atoms with Crippen molar-refractivity contribution in [2.75, 3.05) is 40.0 Å². The van der Waals surface area contributed by atoms with Crippen LogP contribution in [-0.2, 0) is 14.3 Å². The number of carbonyl (C=O) groups is 1. The average molecular weight is 284 g/mol. The van der Waals surface area contributed by atoms with Gasteiger partial charge in [0.25, 0.3) is 0 Å². The number of methoxy groups -OCH3 is 1. The minimum absolute atomic E-state index is 0.00257. The van der Waals surface area contributed by atoms with Crippen LogP contribution in [0.2, 0.25) is 0 Å². The Morgan fingerprint density at radius 1 is 1.42 bits per heavy atom. The molecule has 0 aliphatic carbocycles. The van der Waals surface area contributed by atoms with Crippen LogP contribution in [0.15, 0.2) is 12.1 Å². The quantitative estimate of drug-likeness (QED) is 0.763. The van der Waals surface area contributed by atoms with Crippen LogP contribution < -0.4 is 5.32 Å². The lowest BCUT2D eigenvalue weighted by Crippen LogP contribution is -2.33.